The molecule has 4 nitrogen and oxygen atoms in total. The van der Waals surface area contributed by atoms with Gasteiger partial charge in [0, 0.05) is 23.6 Å². The molecule has 1 heterocycles. The highest BCUT2D eigenvalue weighted by atomic mass is 35.5. The van der Waals surface area contributed by atoms with Crippen molar-refractivity contribution in [1.29, 1.82) is 0 Å². The van der Waals surface area contributed by atoms with E-state index in [1.165, 1.54) is 0 Å². The summed E-state index contributed by atoms with van der Waals surface area (Å²) in [6, 6.07) is 9.59. The molecule has 20 heavy (non-hydrogen) atoms. The summed E-state index contributed by atoms with van der Waals surface area (Å²) in [5.74, 6) is 0.712. The van der Waals surface area contributed by atoms with Crippen LogP contribution >= 0.6 is 11.6 Å². The molecule has 0 unspecified atom stereocenters. The van der Waals surface area contributed by atoms with Crippen LogP contribution in [0.25, 0.3) is 0 Å². The number of carbonyl (C=O) groups is 1. The molecule has 0 aliphatic heterocycles. The fourth-order valence-electron chi connectivity index (χ4n) is 1.98. The number of anilines is 1. The lowest BCUT2D eigenvalue weighted by Gasteiger charge is -2.11. The third-order valence-corrected chi connectivity index (χ3v) is 3.19. The molecule has 5 heteroatoms. The zero-order chi connectivity index (χ0) is 14.5. The topological polar surface area (TPSA) is 46.9 Å². The Balaban J connectivity index is 1.91. The Labute approximate surface area is 123 Å². The lowest BCUT2D eigenvalue weighted by Crippen LogP contribution is -2.17. The van der Waals surface area contributed by atoms with Gasteiger partial charge in [0.25, 0.3) is 0 Å². The summed E-state index contributed by atoms with van der Waals surface area (Å²) in [5, 5.41) is 7.76. The van der Waals surface area contributed by atoms with Gasteiger partial charge in [-0.1, -0.05) is 23.7 Å². The number of benzene rings is 1. The van der Waals surface area contributed by atoms with Crippen molar-refractivity contribution in [3.8, 4) is 0 Å². The van der Waals surface area contributed by atoms with Gasteiger partial charge in [-0.05, 0) is 38.0 Å². The Bertz CT molecular complexity index is 592. The van der Waals surface area contributed by atoms with E-state index in [0.717, 1.165) is 11.4 Å². The minimum Gasteiger partial charge on any atom is -0.311 e. The van der Waals surface area contributed by atoms with Crippen LogP contribution in [0.5, 0.6) is 0 Å². The number of aryl methyl sites for hydroxylation is 1. The number of amides is 1. The van der Waals surface area contributed by atoms with Gasteiger partial charge in [0.2, 0.25) is 5.91 Å². The van der Waals surface area contributed by atoms with Crippen molar-refractivity contribution in [2.75, 3.05) is 5.32 Å². The molecule has 0 bridgehead atoms. The molecule has 0 radical (unpaired) electrons. The molecule has 2 aromatic rings. The van der Waals surface area contributed by atoms with Crippen LogP contribution in [0.15, 0.2) is 36.5 Å². The second-order valence-corrected chi connectivity index (χ2v) is 5.37. The Morgan fingerprint density at radius 1 is 1.40 bits per heavy atom. The van der Waals surface area contributed by atoms with Crippen LogP contribution in [-0.2, 0) is 11.2 Å². The van der Waals surface area contributed by atoms with Gasteiger partial charge < -0.3 is 5.32 Å². The minimum atomic E-state index is -0.0209. The number of nitrogens with one attached hydrogen (secondary N) is 1. The van der Waals surface area contributed by atoms with Gasteiger partial charge in [0.05, 0.1) is 6.20 Å². The number of nitrogens with zero attached hydrogens (tertiary/aromatic N) is 2. The van der Waals surface area contributed by atoms with Gasteiger partial charge in [0.15, 0.2) is 0 Å². The summed E-state index contributed by atoms with van der Waals surface area (Å²) in [4.78, 5) is 12.0. The van der Waals surface area contributed by atoms with Crippen molar-refractivity contribution in [3.05, 3.63) is 47.1 Å². The molecule has 1 amide bonds. The normalized spacial score (nSPS) is 10.8. The smallest absolute Gasteiger partial charge is 0.225 e. The molecular weight excluding hydrogens is 274 g/mol. The fraction of sp³-hybridized carbons (Fsp3) is 0.333. The third-order valence-electron chi connectivity index (χ3n) is 2.96. The van der Waals surface area contributed by atoms with Crippen LogP contribution < -0.4 is 5.32 Å². The first-order valence-corrected chi connectivity index (χ1v) is 7.02. The molecule has 0 spiro atoms. The number of halogens is 1. The number of aromatic nitrogens is 2. The molecule has 0 aliphatic carbocycles. The second kappa shape index (κ2) is 6.57. The Hall–Kier alpha value is -1.81. The molecule has 0 saturated heterocycles. The van der Waals surface area contributed by atoms with E-state index in [2.05, 4.69) is 10.4 Å². The van der Waals surface area contributed by atoms with E-state index in [1.807, 2.05) is 38.1 Å². The molecule has 0 fully saturated rings. The molecule has 1 N–H and O–H groups in total. The monoisotopic (exact) mass is 291 g/mol. The molecule has 1 aromatic carbocycles. The van der Waals surface area contributed by atoms with Gasteiger partial charge in [-0.2, -0.15) is 5.10 Å². The van der Waals surface area contributed by atoms with E-state index in [9.17, 15) is 4.79 Å². The second-order valence-electron chi connectivity index (χ2n) is 4.93. The quantitative estimate of drug-likeness (QED) is 0.913. The minimum absolute atomic E-state index is 0.0209. The van der Waals surface area contributed by atoms with E-state index in [4.69, 9.17) is 11.6 Å². The molecule has 2 rings (SSSR count). The number of rotatable bonds is 5. The summed E-state index contributed by atoms with van der Waals surface area (Å²) in [5.41, 5.74) is 1.06. The molecule has 0 atom stereocenters. The van der Waals surface area contributed by atoms with Crippen LogP contribution in [0.3, 0.4) is 0 Å². The largest absolute Gasteiger partial charge is 0.311 e. The van der Waals surface area contributed by atoms with Crippen molar-refractivity contribution in [1.82, 2.24) is 9.78 Å². The van der Waals surface area contributed by atoms with Crippen molar-refractivity contribution >= 4 is 23.3 Å². The van der Waals surface area contributed by atoms with E-state index < -0.39 is 0 Å². The highest BCUT2D eigenvalue weighted by molar-refractivity contribution is 6.30. The Kier molecular flexibility index (Phi) is 4.79. The highest BCUT2D eigenvalue weighted by Crippen LogP contribution is 2.15. The van der Waals surface area contributed by atoms with Crippen LogP contribution in [0, 0.1) is 0 Å². The zero-order valence-corrected chi connectivity index (χ0v) is 12.4. The first-order chi connectivity index (χ1) is 9.56. The van der Waals surface area contributed by atoms with Crippen LogP contribution in [0.1, 0.15) is 31.9 Å². The fourth-order valence-corrected chi connectivity index (χ4v) is 2.19. The average molecular weight is 292 g/mol. The number of hydrogen-bond donors (Lipinski definition) is 1. The van der Waals surface area contributed by atoms with Gasteiger partial charge in [-0.25, -0.2) is 4.68 Å². The van der Waals surface area contributed by atoms with Crippen LogP contribution in [-0.4, -0.2) is 15.7 Å². The summed E-state index contributed by atoms with van der Waals surface area (Å²) in [7, 11) is 0. The maximum Gasteiger partial charge on any atom is 0.225 e. The summed E-state index contributed by atoms with van der Waals surface area (Å²) >= 11 is 5.92. The average Bonchev–Trinajstić information content (AvgIpc) is 2.85. The lowest BCUT2D eigenvalue weighted by molar-refractivity contribution is -0.116. The van der Waals surface area contributed by atoms with Crippen LogP contribution in [0.2, 0.25) is 5.02 Å². The van der Waals surface area contributed by atoms with Gasteiger partial charge in [-0.15, -0.1) is 0 Å². The molecule has 0 saturated carbocycles. The highest BCUT2D eigenvalue weighted by Gasteiger charge is 2.09. The molecule has 0 aliphatic rings. The van der Waals surface area contributed by atoms with Crippen LogP contribution in [0.4, 0.5) is 5.82 Å². The molecule has 106 valence electrons. The van der Waals surface area contributed by atoms with Gasteiger partial charge in [-0.3, -0.25) is 4.79 Å². The van der Waals surface area contributed by atoms with Crippen molar-refractivity contribution in [3.63, 3.8) is 0 Å². The number of hydrogen-bond acceptors (Lipinski definition) is 2. The van der Waals surface area contributed by atoms with E-state index in [0.29, 0.717) is 17.9 Å². The lowest BCUT2D eigenvalue weighted by atomic mass is 10.1. The standard InChI is InChI=1S/C15H18ClN3O/c1-11(2)19-14(8-9-17-19)18-15(20)7-6-12-4-3-5-13(16)10-12/h3-5,8-11H,6-7H2,1-2H3,(H,18,20). The van der Waals surface area contributed by atoms with Crippen molar-refractivity contribution in [2.45, 2.75) is 32.7 Å². The summed E-state index contributed by atoms with van der Waals surface area (Å²) in [6.07, 6.45) is 2.78. The summed E-state index contributed by atoms with van der Waals surface area (Å²) in [6.45, 7) is 4.04. The molecule has 1 aromatic heterocycles. The maximum atomic E-state index is 12.0. The van der Waals surface area contributed by atoms with E-state index in [-0.39, 0.29) is 11.9 Å². The summed E-state index contributed by atoms with van der Waals surface area (Å²) < 4.78 is 1.79. The zero-order valence-electron chi connectivity index (χ0n) is 11.6. The van der Waals surface area contributed by atoms with E-state index >= 15 is 0 Å². The Morgan fingerprint density at radius 3 is 2.90 bits per heavy atom. The van der Waals surface area contributed by atoms with Crippen molar-refractivity contribution in [2.24, 2.45) is 0 Å². The van der Waals surface area contributed by atoms with Crippen molar-refractivity contribution < 1.29 is 4.79 Å². The first-order valence-electron chi connectivity index (χ1n) is 6.64. The van der Waals surface area contributed by atoms with Gasteiger partial charge in [0.1, 0.15) is 5.82 Å². The van der Waals surface area contributed by atoms with Gasteiger partial charge >= 0.3 is 0 Å². The third kappa shape index (κ3) is 3.84. The number of carbonyl (C=O) groups excluding carboxylic acids is 1. The predicted molar refractivity (Wildman–Crippen MR) is 81.0 cm³/mol. The Morgan fingerprint density at radius 2 is 2.20 bits per heavy atom. The maximum absolute atomic E-state index is 12.0. The van der Waals surface area contributed by atoms with E-state index in [1.54, 1.807) is 16.9 Å². The molecular formula is C15H18ClN3O. The first kappa shape index (κ1) is 14.6. The SMILES string of the molecule is CC(C)n1nccc1NC(=O)CCc1cccc(Cl)c1. The predicted octanol–water partition coefficient (Wildman–Crippen LogP) is 3.69.